The topological polar surface area (TPSA) is 70.0 Å². The van der Waals surface area contributed by atoms with E-state index in [-0.39, 0.29) is 17.7 Å². The number of hydrogen-bond donors (Lipinski definition) is 1. The quantitative estimate of drug-likeness (QED) is 0.859. The van der Waals surface area contributed by atoms with E-state index >= 15 is 0 Å². The zero-order chi connectivity index (χ0) is 13.0. The number of amides is 1. The highest BCUT2D eigenvalue weighted by molar-refractivity contribution is 5.94. The molecule has 1 amide bonds. The van der Waals surface area contributed by atoms with Gasteiger partial charge in [0.1, 0.15) is 5.78 Å². The first-order valence-electron chi connectivity index (χ1n) is 6.02. The van der Waals surface area contributed by atoms with Crippen molar-refractivity contribution in [2.24, 2.45) is 0 Å². The second-order valence-corrected chi connectivity index (χ2v) is 4.48. The molecule has 1 fully saturated rings. The first kappa shape index (κ1) is 12.3. The van der Waals surface area contributed by atoms with Crippen molar-refractivity contribution in [3.63, 3.8) is 0 Å². The van der Waals surface area contributed by atoms with E-state index in [9.17, 15) is 9.59 Å². The van der Waals surface area contributed by atoms with E-state index in [1.165, 1.54) is 0 Å². The van der Waals surface area contributed by atoms with Gasteiger partial charge in [-0.1, -0.05) is 0 Å². The summed E-state index contributed by atoms with van der Waals surface area (Å²) in [4.78, 5) is 23.0. The first-order valence-corrected chi connectivity index (χ1v) is 6.02. The van der Waals surface area contributed by atoms with Crippen molar-refractivity contribution in [1.29, 1.82) is 5.26 Å². The largest absolute Gasteiger partial charge is 0.349 e. The zero-order valence-electron chi connectivity index (χ0n) is 9.98. The minimum atomic E-state index is -0.140. The minimum Gasteiger partial charge on any atom is -0.349 e. The maximum Gasteiger partial charge on any atom is 0.251 e. The maximum absolute atomic E-state index is 11.9. The Bertz CT molecular complexity index is 490. The Hall–Kier alpha value is -2.15. The van der Waals surface area contributed by atoms with Crippen LogP contribution in [0, 0.1) is 11.3 Å². The van der Waals surface area contributed by atoms with Crippen LogP contribution in [0.5, 0.6) is 0 Å². The summed E-state index contributed by atoms with van der Waals surface area (Å²) in [7, 11) is 0. The number of rotatable bonds is 2. The number of ketones is 1. The molecule has 2 rings (SSSR count). The van der Waals surface area contributed by atoms with Gasteiger partial charge in [-0.2, -0.15) is 5.26 Å². The number of carbonyl (C=O) groups excluding carboxylic acids is 2. The molecule has 0 bridgehead atoms. The van der Waals surface area contributed by atoms with E-state index in [0.29, 0.717) is 24.0 Å². The highest BCUT2D eigenvalue weighted by Crippen LogP contribution is 2.15. The molecule has 0 atom stereocenters. The van der Waals surface area contributed by atoms with E-state index in [2.05, 4.69) is 5.32 Å². The van der Waals surface area contributed by atoms with Crippen LogP contribution in [0.3, 0.4) is 0 Å². The van der Waals surface area contributed by atoms with Gasteiger partial charge in [0.25, 0.3) is 5.91 Å². The molecule has 1 aliphatic carbocycles. The molecule has 1 aromatic carbocycles. The van der Waals surface area contributed by atoms with Crippen LogP contribution >= 0.6 is 0 Å². The fraction of sp³-hybridized carbons (Fsp3) is 0.357. The minimum absolute atomic E-state index is 0.0887. The molecule has 18 heavy (non-hydrogen) atoms. The lowest BCUT2D eigenvalue weighted by Crippen LogP contribution is -2.37. The molecule has 0 unspecified atom stereocenters. The van der Waals surface area contributed by atoms with Gasteiger partial charge in [0, 0.05) is 24.4 Å². The van der Waals surface area contributed by atoms with Gasteiger partial charge in [0.05, 0.1) is 11.6 Å². The lowest BCUT2D eigenvalue weighted by Gasteiger charge is -2.22. The van der Waals surface area contributed by atoms with Crippen LogP contribution in [0.1, 0.15) is 41.6 Å². The van der Waals surface area contributed by atoms with Crippen molar-refractivity contribution in [2.75, 3.05) is 0 Å². The smallest absolute Gasteiger partial charge is 0.251 e. The van der Waals surface area contributed by atoms with Crippen molar-refractivity contribution >= 4 is 11.7 Å². The SMILES string of the molecule is N#Cc1ccc(C(=O)NC2CCC(=O)CC2)cc1. The van der Waals surface area contributed by atoms with Crippen molar-refractivity contribution in [3.05, 3.63) is 35.4 Å². The Morgan fingerprint density at radius 2 is 1.83 bits per heavy atom. The fourth-order valence-corrected chi connectivity index (χ4v) is 2.05. The van der Waals surface area contributed by atoms with Crippen LogP contribution in [-0.4, -0.2) is 17.7 Å². The van der Waals surface area contributed by atoms with E-state index in [1.807, 2.05) is 6.07 Å². The lowest BCUT2D eigenvalue weighted by atomic mass is 9.94. The third-order valence-corrected chi connectivity index (χ3v) is 3.15. The number of nitrogens with one attached hydrogen (secondary N) is 1. The lowest BCUT2D eigenvalue weighted by molar-refractivity contribution is -0.120. The number of nitriles is 1. The van der Waals surface area contributed by atoms with Crippen LogP contribution in [0.25, 0.3) is 0 Å². The molecule has 0 spiro atoms. The highest BCUT2D eigenvalue weighted by atomic mass is 16.1. The van der Waals surface area contributed by atoms with Gasteiger partial charge >= 0.3 is 0 Å². The van der Waals surface area contributed by atoms with Gasteiger partial charge < -0.3 is 5.32 Å². The van der Waals surface area contributed by atoms with Gasteiger partial charge in [-0.25, -0.2) is 0 Å². The van der Waals surface area contributed by atoms with E-state index in [4.69, 9.17) is 5.26 Å². The van der Waals surface area contributed by atoms with Gasteiger partial charge in [0.15, 0.2) is 0 Å². The van der Waals surface area contributed by atoms with Crippen molar-refractivity contribution in [3.8, 4) is 6.07 Å². The summed E-state index contributed by atoms with van der Waals surface area (Å²) >= 11 is 0. The highest BCUT2D eigenvalue weighted by Gasteiger charge is 2.20. The molecule has 92 valence electrons. The van der Waals surface area contributed by atoms with Gasteiger partial charge in [0.2, 0.25) is 0 Å². The fourth-order valence-electron chi connectivity index (χ4n) is 2.05. The molecule has 4 heteroatoms. The molecule has 0 aromatic heterocycles. The Morgan fingerprint density at radius 1 is 1.22 bits per heavy atom. The second kappa shape index (κ2) is 5.46. The normalized spacial score (nSPS) is 16.1. The average molecular weight is 242 g/mol. The summed E-state index contributed by atoms with van der Waals surface area (Å²) in [5.41, 5.74) is 1.08. The van der Waals surface area contributed by atoms with Crippen LogP contribution < -0.4 is 5.32 Å². The predicted octanol–water partition coefficient (Wildman–Crippen LogP) is 1.80. The van der Waals surface area contributed by atoms with Crippen LogP contribution in [-0.2, 0) is 4.79 Å². The molecule has 0 saturated heterocycles. The van der Waals surface area contributed by atoms with Crippen molar-refractivity contribution in [2.45, 2.75) is 31.7 Å². The monoisotopic (exact) mass is 242 g/mol. The van der Waals surface area contributed by atoms with Crippen LogP contribution in [0.15, 0.2) is 24.3 Å². The summed E-state index contributed by atoms with van der Waals surface area (Å²) in [5.74, 6) is 0.137. The molecule has 4 nitrogen and oxygen atoms in total. The number of carbonyl (C=O) groups is 2. The summed E-state index contributed by atoms with van der Waals surface area (Å²) in [5, 5.41) is 11.6. The molecule has 1 N–H and O–H groups in total. The molecule has 0 aliphatic heterocycles. The van der Waals surface area contributed by atoms with E-state index in [0.717, 1.165) is 12.8 Å². The third-order valence-electron chi connectivity index (χ3n) is 3.15. The van der Waals surface area contributed by atoms with Gasteiger partial charge in [-0.15, -0.1) is 0 Å². The van der Waals surface area contributed by atoms with Crippen LogP contribution in [0.4, 0.5) is 0 Å². The van der Waals surface area contributed by atoms with E-state index < -0.39 is 0 Å². The molecule has 1 aliphatic rings. The number of benzene rings is 1. The molecular formula is C14H14N2O2. The Morgan fingerprint density at radius 3 is 2.39 bits per heavy atom. The average Bonchev–Trinajstić information content (AvgIpc) is 2.41. The maximum atomic E-state index is 11.9. The van der Waals surface area contributed by atoms with Crippen molar-refractivity contribution in [1.82, 2.24) is 5.32 Å². The van der Waals surface area contributed by atoms with Crippen LogP contribution in [0.2, 0.25) is 0 Å². The molecule has 1 saturated carbocycles. The number of hydrogen-bond acceptors (Lipinski definition) is 3. The molecule has 0 radical (unpaired) electrons. The standard InChI is InChI=1S/C14H14N2O2/c15-9-10-1-3-11(4-2-10)14(18)16-12-5-7-13(17)8-6-12/h1-4,12H,5-8H2,(H,16,18). The molecule has 0 heterocycles. The second-order valence-electron chi connectivity index (χ2n) is 4.48. The Balaban J connectivity index is 1.95. The van der Waals surface area contributed by atoms with Crippen molar-refractivity contribution < 1.29 is 9.59 Å². The summed E-state index contributed by atoms with van der Waals surface area (Å²) in [6, 6.07) is 8.63. The summed E-state index contributed by atoms with van der Waals surface area (Å²) in [6.07, 6.45) is 2.55. The zero-order valence-corrected chi connectivity index (χ0v) is 9.98. The number of Topliss-reactive ketones (excluding diaryl/α,β-unsaturated/α-hetero) is 1. The predicted molar refractivity (Wildman–Crippen MR) is 65.9 cm³/mol. The first-order chi connectivity index (χ1) is 8.69. The third kappa shape index (κ3) is 2.95. The summed E-state index contributed by atoms with van der Waals surface area (Å²) in [6.45, 7) is 0. The molecule has 1 aromatic rings. The Labute approximate surface area is 106 Å². The number of nitrogens with zero attached hydrogens (tertiary/aromatic N) is 1. The van der Waals surface area contributed by atoms with E-state index in [1.54, 1.807) is 24.3 Å². The molecular weight excluding hydrogens is 228 g/mol. The Kier molecular flexibility index (Phi) is 3.73. The van der Waals surface area contributed by atoms with Gasteiger partial charge in [-0.05, 0) is 37.1 Å². The van der Waals surface area contributed by atoms with Gasteiger partial charge in [-0.3, -0.25) is 9.59 Å². The summed E-state index contributed by atoms with van der Waals surface area (Å²) < 4.78 is 0.